The summed E-state index contributed by atoms with van der Waals surface area (Å²) < 4.78 is 27.8. The van der Waals surface area contributed by atoms with Gasteiger partial charge in [-0.25, -0.2) is 8.78 Å². The van der Waals surface area contributed by atoms with E-state index < -0.39 is 28.6 Å². The first-order chi connectivity index (χ1) is 9.45. The lowest BCUT2D eigenvalue weighted by Gasteiger charge is -2.26. The molecule has 0 bridgehead atoms. The average Bonchev–Trinajstić information content (AvgIpc) is 2.39. The van der Waals surface area contributed by atoms with Gasteiger partial charge in [-0.3, -0.25) is 9.78 Å². The molecule has 20 heavy (non-hydrogen) atoms. The fourth-order valence-corrected chi connectivity index (χ4v) is 2.20. The van der Waals surface area contributed by atoms with Crippen LogP contribution in [-0.2, 0) is 16.6 Å². The third kappa shape index (κ3) is 2.52. The Balaban J connectivity index is 2.53. The number of carbonyl (C=O) groups is 1. The molecule has 1 heterocycles. The van der Waals surface area contributed by atoms with E-state index in [9.17, 15) is 18.7 Å². The number of carboxylic acid groups (broad SMARTS) is 1. The van der Waals surface area contributed by atoms with Crippen molar-refractivity contribution in [2.75, 3.05) is 0 Å². The van der Waals surface area contributed by atoms with Crippen molar-refractivity contribution in [2.24, 2.45) is 0 Å². The van der Waals surface area contributed by atoms with E-state index in [-0.39, 0.29) is 6.42 Å². The molecule has 1 unspecified atom stereocenters. The first-order valence-electron chi connectivity index (χ1n) is 6.02. The summed E-state index contributed by atoms with van der Waals surface area (Å²) >= 11 is 0. The molecule has 2 rings (SSSR count). The number of aromatic nitrogens is 1. The van der Waals surface area contributed by atoms with Gasteiger partial charge in [-0.2, -0.15) is 0 Å². The second-order valence-corrected chi connectivity index (χ2v) is 4.77. The fourth-order valence-electron chi connectivity index (χ4n) is 2.20. The number of hydrogen-bond acceptors (Lipinski definition) is 2. The molecular weight excluding hydrogens is 264 g/mol. The molecule has 1 aromatic carbocycles. The minimum absolute atomic E-state index is 0.0251. The monoisotopic (exact) mass is 277 g/mol. The van der Waals surface area contributed by atoms with Gasteiger partial charge in [0.15, 0.2) is 0 Å². The van der Waals surface area contributed by atoms with Crippen LogP contribution < -0.4 is 0 Å². The second-order valence-electron chi connectivity index (χ2n) is 4.77. The van der Waals surface area contributed by atoms with Crippen LogP contribution in [0.1, 0.15) is 18.1 Å². The highest BCUT2D eigenvalue weighted by molar-refractivity contribution is 5.81. The second kappa shape index (κ2) is 5.36. The summed E-state index contributed by atoms with van der Waals surface area (Å²) in [5, 5.41) is 9.45. The molecule has 0 fully saturated rings. The van der Waals surface area contributed by atoms with Crippen molar-refractivity contribution in [2.45, 2.75) is 18.8 Å². The number of aliphatic carboxylic acids is 1. The number of nitrogens with zero attached hydrogens (tertiary/aromatic N) is 1. The van der Waals surface area contributed by atoms with Gasteiger partial charge in [0, 0.05) is 18.0 Å². The summed E-state index contributed by atoms with van der Waals surface area (Å²) in [7, 11) is 0. The smallest absolute Gasteiger partial charge is 0.314 e. The van der Waals surface area contributed by atoms with Crippen LogP contribution in [0, 0.1) is 11.6 Å². The highest BCUT2D eigenvalue weighted by Crippen LogP contribution is 2.32. The maximum atomic E-state index is 13.9. The SMILES string of the molecule is CC(Cc1ccncc1)(C(=O)O)c1c(F)cccc1F. The predicted molar refractivity (Wildman–Crippen MR) is 69.3 cm³/mol. The van der Waals surface area contributed by atoms with Crippen molar-refractivity contribution < 1.29 is 18.7 Å². The lowest BCUT2D eigenvalue weighted by Crippen LogP contribution is -2.36. The number of carboxylic acids is 1. The van der Waals surface area contributed by atoms with Gasteiger partial charge in [0.2, 0.25) is 0 Å². The molecule has 0 aliphatic carbocycles. The van der Waals surface area contributed by atoms with Crippen LogP contribution >= 0.6 is 0 Å². The van der Waals surface area contributed by atoms with E-state index in [1.54, 1.807) is 12.1 Å². The van der Waals surface area contributed by atoms with Gasteiger partial charge < -0.3 is 5.11 Å². The molecule has 0 saturated heterocycles. The molecule has 3 nitrogen and oxygen atoms in total. The van der Waals surface area contributed by atoms with Crippen molar-refractivity contribution in [1.82, 2.24) is 4.98 Å². The third-order valence-corrected chi connectivity index (χ3v) is 3.29. The highest BCUT2D eigenvalue weighted by Gasteiger charge is 2.40. The van der Waals surface area contributed by atoms with E-state index >= 15 is 0 Å². The molecule has 5 heteroatoms. The maximum absolute atomic E-state index is 13.9. The molecule has 0 amide bonds. The topological polar surface area (TPSA) is 50.2 Å². The Bertz CT molecular complexity index is 611. The Morgan fingerprint density at radius 1 is 1.20 bits per heavy atom. The molecule has 0 radical (unpaired) electrons. The Kier molecular flexibility index (Phi) is 3.79. The van der Waals surface area contributed by atoms with Gasteiger partial charge in [-0.1, -0.05) is 6.07 Å². The van der Waals surface area contributed by atoms with Crippen LogP contribution in [0.5, 0.6) is 0 Å². The summed E-state index contributed by atoms with van der Waals surface area (Å²) in [5.74, 6) is -2.99. The number of benzene rings is 1. The van der Waals surface area contributed by atoms with Crippen molar-refractivity contribution in [1.29, 1.82) is 0 Å². The first kappa shape index (κ1) is 14.1. The molecule has 0 saturated carbocycles. The number of hydrogen-bond donors (Lipinski definition) is 1. The van der Waals surface area contributed by atoms with Gasteiger partial charge in [0.05, 0.1) is 5.41 Å². The highest BCUT2D eigenvalue weighted by atomic mass is 19.1. The number of rotatable bonds is 4. The van der Waals surface area contributed by atoms with Crippen LogP contribution in [0.15, 0.2) is 42.7 Å². The first-order valence-corrected chi connectivity index (χ1v) is 6.02. The van der Waals surface area contributed by atoms with Crippen molar-refractivity contribution in [3.8, 4) is 0 Å². The van der Waals surface area contributed by atoms with E-state index in [1.807, 2.05) is 0 Å². The number of halogens is 2. The Labute approximate surface area is 114 Å². The zero-order valence-electron chi connectivity index (χ0n) is 10.8. The molecule has 1 N–H and O–H groups in total. The van der Waals surface area contributed by atoms with Gasteiger partial charge in [-0.15, -0.1) is 0 Å². The van der Waals surface area contributed by atoms with Crippen LogP contribution in [0.2, 0.25) is 0 Å². The van der Waals surface area contributed by atoms with E-state index in [1.165, 1.54) is 25.4 Å². The fraction of sp³-hybridized carbons (Fsp3) is 0.200. The minimum Gasteiger partial charge on any atom is -0.481 e. The molecule has 0 aliphatic heterocycles. The molecule has 1 aromatic heterocycles. The molecule has 104 valence electrons. The lowest BCUT2D eigenvalue weighted by atomic mass is 9.77. The predicted octanol–water partition coefficient (Wildman–Crippen LogP) is 2.94. The lowest BCUT2D eigenvalue weighted by molar-refractivity contribution is -0.143. The Morgan fingerprint density at radius 2 is 1.75 bits per heavy atom. The zero-order chi connectivity index (χ0) is 14.8. The standard InChI is InChI=1S/C15H13F2NO2/c1-15(14(19)20,9-10-5-7-18-8-6-10)13-11(16)3-2-4-12(13)17/h2-8H,9H2,1H3,(H,19,20). The van der Waals surface area contributed by atoms with Gasteiger partial charge in [0.25, 0.3) is 0 Å². The molecule has 1 atom stereocenters. The van der Waals surface area contributed by atoms with Gasteiger partial charge in [-0.05, 0) is 43.2 Å². The average molecular weight is 277 g/mol. The van der Waals surface area contributed by atoms with Crippen LogP contribution in [0.4, 0.5) is 8.78 Å². The van der Waals surface area contributed by atoms with Gasteiger partial charge in [0.1, 0.15) is 11.6 Å². The Morgan fingerprint density at radius 3 is 2.25 bits per heavy atom. The van der Waals surface area contributed by atoms with Crippen molar-refractivity contribution >= 4 is 5.97 Å². The minimum atomic E-state index is -1.68. The Hall–Kier alpha value is -2.30. The summed E-state index contributed by atoms with van der Waals surface area (Å²) in [6.45, 7) is 1.32. The number of pyridine rings is 1. The van der Waals surface area contributed by atoms with Gasteiger partial charge >= 0.3 is 5.97 Å². The van der Waals surface area contributed by atoms with Crippen molar-refractivity contribution in [3.05, 3.63) is 65.5 Å². The third-order valence-electron chi connectivity index (χ3n) is 3.29. The quantitative estimate of drug-likeness (QED) is 0.934. The normalized spacial score (nSPS) is 13.8. The van der Waals surface area contributed by atoms with Crippen LogP contribution in [-0.4, -0.2) is 16.1 Å². The maximum Gasteiger partial charge on any atom is 0.314 e. The van der Waals surface area contributed by atoms with Crippen LogP contribution in [0.25, 0.3) is 0 Å². The summed E-state index contributed by atoms with van der Waals surface area (Å²) in [6.07, 6.45) is 2.99. The van der Waals surface area contributed by atoms with E-state index in [0.29, 0.717) is 5.56 Å². The summed E-state index contributed by atoms with van der Waals surface area (Å²) in [6, 6.07) is 6.58. The molecule has 0 spiro atoms. The van der Waals surface area contributed by atoms with E-state index in [4.69, 9.17) is 0 Å². The summed E-state index contributed by atoms with van der Waals surface area (Å²) in [4.78, 5) is 15.4. The van der Waals surface area contributed by atoms with E-state index in [0.717, 1.165) is 12.1 Å². The zero-order valence-corrected chi connectivity index (χ0v) is 10.8. The van der Waals surface area contributed by atoms with E-state index in [2.05, 4.69) is 4.98 Å². The largest absolute Gasteiger partial charge is 0.481 e. The van der Waals surface area contributed by atoms with Crippen LogP contribution in [0.3, 0.4) is 0 Å². The molecule has 2 aromatic rings. The summed E-state index contributed by atoms with van der Waals surface area (Å²) in [5.41, 5.74) is -1.46. The molecule has 0 aliphatic rings. The molecular formula is C15H13F2NO2. The van der Waals surface area contributed by atoms with Crippen molar-refractivity contribution in [3.63, 3.8) is 0 Å².